The summed E-state index contributed by atoms with van der Waals surface area (Å²) < 4.78 is 34.9. The van der Waals surface area contributed by atoms with E-state index in [1.54, 1.807) is 7.11 Å². The molecule has 4 rings (SSSR count). The first-order valence-electron chi connectivity index (χ1n) is 14.7. The van der Waals surface area contributed by atoms with Crippen molar-refractivity contribution in [2.75, 3.05) is 13.7 Å². The zero-order valence-corrected chi connectivity index (χ0v) is 28.5. The Morgan fingerprint density at radius 3 is 1.82 bits per heavy atom. The minimum absolute atomic E-state index is 0.169. The predicted octanol–water partition coefficient (Wildman–Crippen LogP) is 5.12. The maximum atomic E-state index is 11.7. The third kappa shape index (κ3) is 6.51. The Labute approximate surface area is 241 Å². The number of aliphatic hydroxyl groups is 1. The zero-order chi connectivity index (χ0) is 28.1. The van der Waals surface area contributed by atoms with Gasteiger partial charge in [0.1, 0.15) is 0 Å². The summed E-state index contributed by atoms with van der Waals surface area (Å²) in [5.41, 5.74) is 0. The molecule has 0 spiro atoms. The van der Waals surface area contributed by atoms with Crippen molar-refractivity contribution in [3.05, 3.63) is 60.7 Å². The van der Waals surface area contributed by atoms with Crippen LogP contribution in [-0.4, -0.2) is 77.1 Å². The van der Waals surface area contributed by atoms with Crippen molar-refractivity contribution in [3.63, 3.8) is 0 Å². The summed E-state index contributed by atoms with van der Waals surface area (Å²) in [6.07, 6.45) is 1.54. The van der Waals surface area contributed by atoms with E-state index in [1.165, 1.54) is 10.4 Å². The number of fused-ring (bicyclic) bond motifs is 1. The molecule has 6 nitrogen and oxygen atoms in total. The van der Waals surface area contributed by atoms with E-state index in [-0.39, 0.29) is 11.6 Å². The summed E-state index contributed by atoms with van der Waals surface area (Å²) in [4.78, 5) is 0. The molecule has 1 N–H and O–H groups in total. The minimum atomic E-state index is -3.38. The molecular formula is C31H48O6SiSn. The van der Waals surface area contributed by atoms with Crippen molar-refractivity contribution in [2.24, 2.45) is 0 Å². The molecule has 0 radical (unpaired) electrons. The van der Waals surface area contributed by atoms with E-state index in [2.05, 4.69) is 83.1 Å². The summed E-state index contributed by atoms with van der Waals surface area (Å²) in [5.74, 6) is 0. The number of ether oxygens (including phenoxy) is 2. The number of unbranched alkanes of at least 4 members (excludes halogenated alkanes) is 2. The van der Waals surface area contributed by atoms with E-state index in [0.29, 0.717) is 0 Å². The predicted molar refractivity (Wildman–Crippen MR) is 160 cm³/mol. The van der Waals surface area contributed by atoms with Crippen molar-refractivity contribution >= 4 is 37.9 Å². The molecule has 2 aliphatic heterocycles. The first kappa shape index (κ1) is 31.2. The van der Waals surface area contributed by atoms with E-state index in [1.807, 2.05) is 12.1 Å². The van der Waals surface area contributed by atoms with Gasteiger partial charge in [-0.05, 0) is 0 Å². The standard InChI is InChI=1S/C23H30O6Si.2C4H9.Sn/c1-23(2,3)30(16-11-7-5-8-12-16,17-13-9-6-10-14-17)28-15-18-19(24)20(25)21(26)22(27-4)29-18;2*1-3-4-2;/h5-14,18-22,24H,15H2,1-4H3;2*1,3-4H2,2H3;/q-2;;;+2/t18-,19-,20+,21-,22+;;;/m1.../s1. The SMILES string of the molecule is CCC[CH2][Sn]1([CH2]CCC)[O][C@H]2[C@@H](OC)O[C@H](CO[Si](c3ccccc3)(c3ccccc3)C(C)(C)C)[C@@H](O)[C@@H]2[O]1. The fourth-order valence-electron chi connectivity index (χ4n) is 6.22. The molecule has 8 heteroatoms. The van der Waals surface area contributed by atoms with Crippen LogP contribution in [0.3, 0.4) is 0 Å². The molecule has 2 heterocycles. The third-order valence-corrected chi connectivity index (χ3v) is 23.6. The van der Waals surface area contributed by atoms with Gasteiger partial charge in [-0.25, -0.2) is 0 Å². The molecule has 0 aromatic heterocycles. The fraction of sp³-hybridized carbons (Fsp3) is 0.613. The summed E-state index contributed by atoms with van der Waals surface area (Å²) in [7, 11) is -1.13. The molecule has 2 saturated heterocycles. The monoisotopic (exact) mass is 664 g/mol. The first-order chi connectivity index (χ1) is 18.7. The van der Waals surface area contributed by atoms with Gasteiger partial charge >= 0.3 is 242 Å². The van der Waals surface area contributed by atoms with Gasteiger partial charge in [-0.2, -0.15) is 0 Å². The van der Waals surface area contributed by atoms with Crippen LogP contribution in [0.1, 0.15) is 60.3 Å². The Bertz CT molecular complexity index is 969. The number of methoxy groups -OCH3 is 1. The molecule has 0 saturated carbocycles. The van der Waals surface area contributed by atoms with E-state index >= 15 is 0 Å². The molecule has 2 aromatic rings. The van der Waals surface area contributed by atoms with E-state index < -0.39 is 58.2 Å². The van der Waals surface area contributed by atoms with Crippen LogP contribution in [0.5, 0.6) is 0 Å². The summed E-state index contributed by atoms with van der Waals surface area (Å²) in [6, 6.07) is 21.1. The second kappa shape index (κ2) is 13.5. The molecule has 0 unspecified atom stereocenters. The topological polar surface area (TPSA) is 66.4 Å². The second-order valence-electron chi connectivity index (χ2n) is 12.0. The van der Waals surface area contributed by atoms with Gasteiger partial charge in [0, 0.05) is 0 Å². The number of hydrogen-bond donors (Lipinski definition) is 1. The van der Waals surface area contributed by atoms with Crippen LogP contribution < -0.4 is 10.4 Å². The van der Waals surface area contributed by atoms with Crippen molar-refractivity contribution in [3.8, 4) is 0 Å². The summed E-state index contributed by atoms with van der Waals surface area (Å²) >= 11 is -3.38. The van der Waals surface area contributed by atoms with Crippen LogP contribution in [0, 0.1) is 0 Å². The molecular weight excluding hydrogens is 615 g/mol. The zero-order valence-electron chi connectivity index (χ0n) is 24.6. The van der Waals surface area contributed by atoms with Crippen molar-refractivity contribution in [1.82, 2.24) is 0 Å². The molecule has 39 heavy (non-hydrogen) atoms. The Morgan fingerprint density at radius 2 is 1.36 bits per heavy atom. The van der Waals surface area contributed by atoms with Crippen molar-refractivity contribution in [1.29, 1.82) is 0 Å². The van der Waals surface area contributed by atoms with Crippen LogP contribution in [0.4, 0.5) is 0 Å². The van der Waals surface area contributed by atoms with Crippen molar-refractivity contribution in [2.45, 2.75) is 105 Å². The molecule has 0 amide bonds. The Hall–Kier alpha value is -0.784. The number of rotatable bonds is 12. The second-order valence-corrected chi connectivity index (χ2v) is 25.7. The number of aliphatic hydroxyl groups excluding tert-OH is 1. The summed E-state index contributed by atoms with van der Waals surface area (Å²) in [5, 5.41) is 13.9. The van der Waals surface area contributed by atoms with E-state index in [4.69, 9.17) is 20.0 Å². The van der Waals surface area contributed by atoms with E-state index in [9.17, 15) is 5.11 Å². The third-order valence-electron chi connectivity index (χ3n) is 8.26. The molecule has 2 aliphatic rings. The van der Waals surface area contributed by atoms with Gasteiger partial charge in [0.25, 0.3) is 0 Å². The Kier molecular flexibility index (Phi) is 10.8. The van der Waals surface area contributed by atoms with Crippen LogP contribution >= 0.6 is 0 Å². The quantitative estimate of drug-likeness (QED) is 0.319. The molecule has 0 aliphatic carbocycles. The number of hydrogen-bond acceptors (Lipinski definition) is 6. The molecule has 5 atom stereocenters. The molecule has 216 valence electrons. The first-order valence-corrected chi connectivity index (χ1v) is 23.0. The average molecular weight is 664 g/mol. The van der Waals surface area contributed by atoms with Gasteiger partial charge in [0.05, 0.1) is 0 Å². The average Bonchev–Trinajstić information content (AvgIpc) is 3.33. The van der Waals surface area contributed by atoms with Crippen LogP contribution in [0.2, 0.25) is 13.9 Å². The van der Waals surface area contributed by atoms with Gasteiger partial charge in [-0.15, -0.1) is 0 Å². The maximum absolute atomic E-state index is 11.7. The van der Waals surface area contributed by atoms with Crippen molar-refractivity contribution < 1.29 is 25.2 Å². The van der Waals surface area contributed by atoms with Crippen LogP contribution in [0.25, 0.3) is 0 Å². The molecule has 2 fully saturated rings. The molecule has 2 aromatic carbocycles. The van der Waals surface area contributed by atoms with E-state index in [0.717, 1.165) is 34.6 Å². The van der Waals surface area contributed by atoms with Crippen LogP contribution in [-0.2, 0) is 20.0 Å². The number of benzene rings is 2. The Morgan fingerprint density at radius 1 is 0.846 bits per heavy atom. The van der Waals surface area contributed by atoms with Gasteiger partial charge in [-0.1, -0.05) is 0 Å². The van der Waals surface area contributed by atoms with Crippen LogP contribution in [0.15, 0.2) is 60.7 Å². The Balaban J connectivity index is 1.63. The van der Waals surface area contributed by atoms with Gasteiger partial charge in [0.2, 0.25) is 0 Å². The molecule has 0 bridgehead atoms. The van der Waals surface area contributed by atoms with Gasteiger partial charge in [-0.3, -0.25) is 0 Å². The van der Waals surface area contributed by atoms with Gasteiger partial charge in [0.15, 0.2) is 0 Å². The fourth-order valence-corrected chi connectivity index (χ4v) is 22.4. The van der Waals surface area contributed by atoms with Gasteiger partial charge < -0.3 is 0 Å². The summed E-state index contributed by atoms with van der Waals surface area (Å²) in [6.45, 7) is 11.4. The normalized spacial score (nSPS) is 26.9.